The first kappa shape index (κ1) is 26.8. The first-order chi connectivity index (χ1) is 15.3. The standard InChI is InChI=1S/C30H39P.BrH/c31-23-15-4-2-1-3-14-22-30(24-27-16-8-5-9-17-27,25-28-18-10-6-11-19-28)26-29-20-12-7-13-21-29;/h5-13,16-21H,1-4,14-15,22-26,31H2;1H. The van der Waals surface area contributed by atoms with Crippen LogP contribution < -0.4 is 0 Å². The molecule has 2 heteroatoms. The first-order valence-electron chi connectivity index (χ1n) is 12.1. The van der Waals surface area contributed by atoms with Crippen molar-refractivity contribution in [1.82, 2.24) is 0 Å². The monoisotopic (exact) mass is 510 g/mol. The molecule has 3 rings (SSSR count). The summed E-state index contributed by atoms with van der Waals surface area (Å²) in [4.78, 5) is 0. The molecule has 0 fully saturated rings. The summed E-state index contributed by atoms with van der Waals surface area (Å²) in [7, 11) is 2.86. The molecule has 172 valence electrons. The van der Waals surface area contributed by atoms with Crippen molar-refractivity contribution in [2.24, 2.45) is 5.41 Å². The van der Waals surface area contributed by atoms with Crippen LogP contribution in [0.4, 0.5) is 0 Å². The number of benzene rings is 3. The summed E-state index contributed by atoms with van der Waals surface area (Å²) < 4.78 is 0. The van der Waals surface area contributed by atoms with Crippen LogP contribution in [0.5, 0.6) is 0 Å². The van der Waals surface area contributed by atoms with Gasteiger partial charge in [0.1, 0.15) is 0 Å². The molecule has 0 nitrogen and oxygen atoms in total. The van der Waals surface area contributed by atoms with E-state index in [0.29, 0.717) is 0 Å². The summed E-state index contributed by atoms with van der Waals surface area (Å²) >= 11 is 0. The quantitative estimate of drug-likeness (QED) is 0.150. The van der Waals surface area contributed by atoms with Gasteiger partial charge in [-0.15, -0.1) is 26.2 Å². The molecule has 1 unspecified atom stereocenters. The Morgan fingerprint density at radius 1 is 0.469 bits per heavy atom. The second-order valence-corrected chi connectivity index (χ2v) is 9.72. The van der Waals surface area contributed by atoms with Crippen molar-refractivity contribution in [3.05, 3.63) is 108 Å². The second-order valence-electron chi connectivity index (χ2n) is 9.15. The minimum atomic E-state index is 0. The molecule has 32 heavy (non-hydrogen) atoms. The minimum absolute atomic E-state index is 0. The molecule has 0 saturated heterocycles. The molecule has 1 atom stereocenters. The Morgan fingerprint density at radius 2 is 0.812 bits per heavy atom. The van der Waals surface area contributed by atoms with E-state index in [1.54, 1.807) is 0 Å². The van der Waals surface area contributed by atoms with Crippen LogP contribution in [0.25, 0.3) is 0 Å². The lowest BCUT2D eigenvalue weighted by atomic mass is 9.69. The largest absolute Gasteiger partial charge is 0.138 e. The molecule has 3 aromatic rings. The third-order valence-electron chi connectivity index (χ3n) is 6.43. The van der Waals surface area contributed by atoms with E-state index in [9.17, 15) is 0 Å². The fraction of sp³-hybridized carbons (Fsp3) is 0.400. The summed E-state index contributed by atoms with van der Waals surface area (Å²) in [6, 6.07) is 33.4. The lowest BCUT2D eigenvalue weighted by molar-refractivity contribution is 0.243. The van der Waals surface area contributed by atoms with Gasteiger partial charge in [-0.3, -0.25) is 0 Å². The van der Waals surface area contributed by atoms with Gasteiger partial charge in [0.25, 0.3) is 0 Å². The van der Waals surface area contributed by atoms with Crippen molar-refractivity contribution in [2.45, 2.75) is 64.2 Å². The zero-order valence-electron chi connectivity index (χ0n) is 19.4. The Morgan fingerprint density at radius 3 is 1.19 bits per heavy atom. The third-order valence-corrected chi connectivity index (χ3v) is 6.84. The predicted octanol–water partition coefficient (Wildman–Crippen LogP) is 8.88. The van der Waals surface area contributed by atoms with E-state index < -0.39 is 0 Å². The topological polar surface area (TPSA) is 0 Å². The van der Waals surface area contributed by atoms with Gasteiger partial charge in [-0.1, -0.05) is 123 Å². The fourth-order valence-electron chi connectivity index (χ4n) is 4.89. The molecule has 0 N–H and O–H groups in total. The van der Waals surface area contributed by atoms with Gasteiger partial charge in [-0.2, -0.15) is 0 Å². The maximum absolute atomic E-state index is 2.86. The molecule has 0 aromatic heterocycles. The van der Waals surface area contributed by atoms with E-state index in [1.165, 1.54) is 67.8 Å². The van der Waals surface area contributed by atoms with Gasteiger partial charge in [0, 0.05) is 0 Å². The van der Waals surface area contributed by atoms with Crippen LogP contribution in [0.15, 0.2) is 91.0 Å². The third kappa shape index (κ3) is 9.60. The lowest BCUT2D eigenvalue weighted by Gasteiger charge is -2.35. The molecule has 3 aromatic carbocycles. The van der Waals surface area contributed by atoms with Gasteiger partial charge in [0.05, 0.1) is 0 Å². The Labute approximate surface area is 209 Å². The van der Waals surface area contributed by atoms with E-state index in [0.717, 1.165) is 19.3 Å². The van der Waals surface area contributed by atoms with Gasteiger partial charge in [0.2, 0.25) is 0 Å². The second kappa shape index (κ2) is 15.4. The van der Waals surface area contributed by atoms with Crippen LogP contribution in [0.3, 0.4) is 0 Å². The zero-order valence-corrected chi connectivity index (χ0v) is 22.3. The van der Waals surface area contributed by atoms with Crippen molar-refractivity contribution in [2.75, 3.05) is 6.16 Å². The number of hydrogen-bond acceptors (Lipinski definition) is 0. The van der Waals surface area contributed by atoms with E-state index in [4.69, 9.17) is 0 Å². The van der Waals surface area contributed by atoms with Crippen LogP contribution >= 0.6 is 26.2 Å². The highest BCUT2D eigenvalue weighted by atomic mass is 79.9. The Kier molecular flexibility index (Phi) is 12.9. The molecule has 0 amide bonds. The summed E-state index contributed by atoms with van der Waals surface area (Å²) in [6.45, 7) is 0. The van der Waals surface area contributed by atoms with E-state index in [2.05, 4.69) is 100 Å². The van der Waals surface area contributed by atoms with Crippen LogP contribution in [-0.2, 0) is 19.3 Å². The Bertz CT molecular complexity index is 731. The molecule has 0 aliphatic carbocycles. The van der Waals surface area contributed by atoms with Gasteiger partial charge in [-0.25, -0.2) is 0 Å². The molecule has 0 bridgehead atoms. The average Bonchev–Trinajstić information content (AvgIpc) is 2.80. The van der Waals surface area contributed by atoms with Crippen molar-refractivity contribution in [1.29, 1.82) is 0 Å². The Balaban J connectivity index is 0.00000363. The molecule has 0 radical (unpaired) electrons. The number of rotatable bonds is 14. The molecule has 0 aliphatic rings. The zero-order chi connectivity index (χ0) is 21.6. The summed E-state index contributed by atoms with van der Waals surface area (Å²) in [6.07, 6.45) is 14.1. The van der Waals surface area contributed by atoms with Gasteiger partial charge in [0.15, 0.2) is 0 Å². The van der Waals surface area contributed by atoms with E-state index in [-0.39, 0.29) is 22.4 Å². The fourth-order valence-corrected chi connectivity index (χ4v) is 5.18. The van der Waals surface area contributed by atoms with Crippen molar-refractivity contribution in [3.63, 3.8) is 0 Å². The van der Waals surface area contributed by atoms with Crippen molar-refractivity contribution < 1.29 is 0 Å². The van der Waals surface area contributed by atoms with Crippen LogP contribution in [0, 0.1) is 5.41 Å². The molecular formula is C30H40BrP. The van der Waals surface area contributed by atoms with E-state index >= 15 is 0 Å². The molecular weight excluding hydrogens is 471 g/mol. The number of unbranched alkanes of at least 4 members (excludes halogenated alkanes) is 5. The molecule has 0 heterocycles. The predicted molar refractivity (Wildman–Crippen MR) is 150 cm³/mol. The smallest absolute Gasteiger partial charge is 0.0176 e. The maximum Gasteiger partial charge on any atom is -0.0176 e. The SMILES string of the molecule is Br.PCCCCCCCCC(Cc1ccccc1)(Cc1ccccc1)Cc1ccccc1. The van der Waals surface area contributed by atoms with Crippen molar-refractivity contribution in [3.8, 4) is 0 Å². The molecule has 0 spiro atoms. The number of halogens is 1. The van der Waals surface area contributed by atoms with Crippen LogP contribution in [0.2, 0.25) is 0 Å². The maximum atomic E-state index is 2.86. The average molecular weight is 512 g/mol. The summed E-state index contributed by atoms with van der Waals surface area (Å²) in [5.41, 5.74) is 4.66. The number of hydrogen-bond donors (Lipinski definition) is 0. The highest BCUT2D eigenvalue weighted by molar-refractivity contribution is 8.93. The minimum Gasteiger partial charge on any atom is -0.138 e. The Hall–Kier alpha value is -1.43. The highest BCUT2D eigenvalue weighted by Crippen LogP contribution is 2.37. The lowest BCUT2D eigenvalue weighted by Crippen LogP contribution is -2.30. The van der Waals surface area contributed by atoms with Crippen LogP contribution in [-0.4, -0.2) is 6.16 Å². The van der Waals surface area contributed by atoms with E-state index in [1.807, 2.05) is 0 Å². The summed E-state index contributed by atoms with van der Waals surface area (Å²) in [5, 5.41) is 0. The normalized spacial score (nSPS) is 11.2. The van der Waals surface area contributed by atoms with Gasteiger partial charge in [-0.05, 0) is 60.4 Å². The molecule has 0 saturated carbocycles. The summed E-state index contributed by atoms with van der Waals surface area (Å²) in [5.74, 6) is 0. The first-order valence-corrected chi connectivity index (χ1v) is 12.9. The van der Waals surface area contributed by atoms with Gasteiger partial charge >= 0.3 is 0 Å². The van der Waals surface area contributed by atoms with Crippen molar-refractivity contribution >= 4 is 26.2 Å². The van der Waals surface area contributed by atoms with Crippen LogP contribution in [0.1, 0.15) is 61.6 Å². The highest BCUT2D eigenvalue weighted by Gasteiger charge is 2.30. The van der Waals surface area contributed by atoms with Gasteiger partial charge < -0.3 is 0 Å². The molecule has 0 aliphatic heterocycles.